The number of carboxylic acid groups (broad SMARTS) is 1. The zero-order valence-corrected chi connectivity index (χ0v) is 17.2. The fraction of sp³-hybridized carbons (Fsp3) is 0.773. The number of aliphatic hydroxyl groups excluding tert-OH is 1. The number of halogens is 1. The van der Waals surface area contributed by atoms with Gasteiger partial charge in [0, 0.05) is 29.6 Å². The van der Waals surface area contributed by atoms with Crippen molar-refractivity contribution in [3.05, 3.63) is 11.6 Å². The van der Waals surface area contributed by atoms with Crippen LogP contribution in [-0.2, 0) is 9.59 Å². The third-order valence-corrected chi connectivity index (χ3v) is 8.96. The number of rotatable bonds is 4. The molecule has 0 aromatic heterocycles. The maximum Gasteiger partial charge on any atom is 0.303 e. The highest BCUT2D eigenvalue weighted by Crippen LogP contribution is 2.70. The van der Waals surface area contributed by atoms with Gasteiger partial charge >= 0.3 is 5.97 Å². The van der Waals surface area contributed by atoms with E-state index >= 15 is 4.39 Å². The molecule has 4 aliphatic rings. The number of carbonyl (C=O) groups is 2. The van der Waals surface area contributed by atoms with Crippen molar-refractivity contribution >= 4 is 18.0 Å². The molecular weight excluding hydrogens is 393 g/mol. The van der Waals surface area contributed by atoms with Crippen molar-refractivity contribution in [2.45, 2.75) is 82.1 Å². The molecule has 30 heavy (non-hydrogen) atoms. The van der Waals surface area contributed by atoms with Crippen LogP contribution in [-0.4, -0.2) is 55.9 Å². The SMILES string of the molecule is C[C@]12CCC(=O)C=C1CC[C@H]1[C@@H]3CC[C@@](O)(CCC(=O)O)[C@@]3(C=NO)C[C@H](O)[C@@]12F. The van der Waals surface area contributed by atoms with E-state index in [1.54, 1.807) is 13.0 Å². The van der Waals surface area contributed by atoms with E-state index in [0.29, 0.717) is 25.7 Å². The molecule has 7 nitrogen and oxygen atoms in total. The number of nitrogens with zero attached hydrogens (tertiary/aromatic N) is 1. The highest BCUT2D eigenvalue weighted by atomic mass is 19.1. The summed E-state index contributed by atoms with van der Waals surface area (Å²) in [7, 11) is 0. The van der Waals surface area contributed by atoms with Crippen molar-refractivity contribution in [2.75, 3.05) is 0 Å². The van der Waals surface area contributed by atoms with Gasteiger partial charge in [0.15, 0.2) is 5.78 Å². The molecule has 3 saturated carbocycles. The number of carbonyl (C=O) groups excluding carboxylic acids is 1. The van der Waals surface area contributed by atoms with Crippen LogP contribution in [0.4, 0.5) is 4.39 Å². The Labute approximate surface area is 174 Å². The van der Waals surface area contributed by atoms with Crippen LogP contribution in [0, 0.1) is 22.7 Å². The van der Waals surface area contributed by atoms with Gasteiger partial charge in [0.05, 0.1) is 17.9 Å². The molecule has 0 aliphatic heterocycles. The number of ketones is 1. The van der Waals surface area contributed by atoms with E-state index in [0.717, 1.165) is 5.57 Å². The first-order valence-corrected chi connectivity index (χ1v) is 10.8. The summed E-state index contributed by atoms with van der Waals surface area (Å²) in [6.07, 6.45) is 3.10. The lowest BCUT2D eigenvalue weighted by molar-refractivity contribution is -0.214. The molecule has 0 unspecified atom stereocenters. The van der Waals surface area contributed by atoms with E-state index in [-0.39, 0.29) is 37.9 Å². The summed E-state index contributed by atoms with van der Waals surface area (Å²) in [5.41, 5.74) is -4.87. The van der Waals surface area contributed by atoms with E-state index in [2.05, 4.69) is 5.16 Å². The molecule has 8 heteroatoms. The number of alkyl halides is 1. The van der Waals surface area contributed by atoms with Gasteiger partial charge in [-0.1, -0.05) is 12.5 Å². The summed E-state index contributed by atoms with van der Waals surface area (Å²) < 4.78 is 17.0. The van der Waals surface area contributed by atoms with Crippen LogP contribution in [0.2, 0.25) is 0 Å². The second kappa shape index (κ2) is 6.85. The Morgan fingerprint density at radius 3 is 2.70 bits per heavy atom. The molecule has 0 aromatic rings. The van der Waals surface area contributed by atoms with Crippen molar-refractivity contribution in [2.24, 2.45) is 27.8 Å². The third kappa shape index (κ3) is 2.59. The minimum absolute atomic E-state index is 0.0134. The molecule has 0 spiro atoms. The highest BCUT2D eigenvalue weighted by Gasteiger charge is 2.74. The molecular formula is C22H30FNO6. The van der Waals surface area contributed by atoms with E-state index in [1.165, 1.54) is 6.21 Å². The quantitative estimate of drug-likeness (QED) is 0.313. The summed E-state index contributed by atoms with van der Waals surface area (Å²) in [5, 5.41) is 44.4. The Kier molecular flexibility index (Phi) is 4.90. The van der Waals surface area contributed by atoms with Crippen molar-refractivity contribution in [3.63, 3.8) is 0 Å². The number of hydrogen-bond donors (Lipinski definition) is 4. The summed E-state index contributed by atoms with van der Waals surface area (Å²) in [5.74, 6) is -2.04. The number of aliphatic carboxylic acids is 1. The van der Waals surface area contributed by atoms with Gasteiger partial charge in [0.25, 0.3) is 0 Å². The first kappa shape index (κ1) is 21.4. The Hall–Kier alpha value is -1.80. The van der Waals surface area contributed by atoms with E-state index in [9.17, 15) is 25.0 Å². The van der Waals surface area contributed by atoms with Gasteiger partial charge < -0.3 is 20.5 Å². The third-order valence-electron chi connectivity index (χ3n) is 8.96. The number of allylic oxidation sites excluding steroid dienone is 1. The normalized spacial score (nSPS) is 48.1. The second-order valence-corrected chi connectivity index (χ2v) is 9.96. The molecule has 4 N–H and O–H groups in total. The van der Waals surface area contributed by atoms with Crippen molar-refractivity contribution in [3.8, 4) is 0 Å². The Bertz CT molecular complexity index is 828. The van der Waals surface area contributed by atoms with Crippen molar-refractivity contribution in [1.29, 1.82) is 0 Å². The van der Waals surface area contributed by atoms with E-state index in [4.69, 9.17) is 5.11 Å². The summed E-state index contributed by atoms with van der Waals surface area (Å²) in [4.78, 5) is 23.1. The smallest absolute Gasteiger partial charge is 0.303 e. The van der Waals surface area contributed by atoms with Gasteiger partial charge in [-0.25, -0.2) is 4.39 Å². The zero-order chi connectivity index (χ0) is 21.9. The zero-order valence-electron chi connectivity index (χ0n) is 17.2. The Morgan fingerprint density at radius 2 is 2.03 bits per heavy atom. The minimum atomic E-state index is -1.96. The molecule has 0 heterocycles. The molecule has 4 rings (SSSR count). The maximum absolute atomic E-state index is 17.0. The fourth-order valence-corrected chi connectivity index (χ4v) is 7.43. The van der Waals surface area contributed by atoms with Gasteiger partial charge in [-0.05, 0) is 56.9 Å². The lowest BCUT2D eigenvalue weighted by Gasteiger charge is -2.63. The molecule has 0 bridgehead atoms. The van der Waals surface area contributed by atoms with Crippen LogP contribution in [0.3, 0.4) is 0 Å². The van der Waals surface area contributed by atoms with Crippen LogP contribution >= 0.6 is 0 Å². The molecule has 7 atom stereocenters. The average molecular weight is 423 g/mol. The van der Waals surface area contributed by atoms with Crippen LogP contribution < -0.4 is 0 Å². The highest BCUT2D eigenvalue weighted by molar-refractivity contribution is 5.91. The number of fused-ring (bicyclic) bond motifs is 5. The standard InChI is InChI=1S/C22H30FNO6/c1-19-7-4-14(25)10-13(19)2-3-16-15-5-8-21(29,9-6-18(27)28)20(15,12-24-30)11-17(26)22(16,19)23/h10,12,15-17,26,29-30H,2-9,11H2,1H3,(H,27,28)/t15-,16-,17-,19-,20+,21+,22-/m0/s1. The number of carboxylic acids is 1. The Morgan fingerprint density at radius 1 is 1.30 bits per heavy atom. The van der Waals surface area contributed by atoms with Crippen LogP contribution in [0.15, 0.2) is 16.8 Å². The van der Waals surface area contributed by atoms with Crippen LogP contribution in [0.5, 0.6) is 0 Å². The first-order valence-electron chi connectivity index (χ1n) is 10.8. The average Bonchev–Trinajstić information content (AvgIpc) is 2.95. The first-order chi connectivity index (χ1) is 14.0. The molecule has 166 valence electrons. The molecule has 0 saturated heterocycles. The lowest BCUT2D eigenvalue weighted by atomic mass is 9.43. The van der Waals surface area contributed by atoms with Crippen molar-refractivity contribution in [1.82, 2.24) is 0 Å². The molecule has 0 radical (unpaired) electrons. The second-order valence-electron chi connectivity index (χ2n) is 9.96. The van der Waals surface area contributed by atoms with Crippen molar-refractivity contribution < 1.29 is 34.5 Å². The largest absolute Gasteiger partial charge is 0.481 e. The maximum atomic E-state index is 17.0. The molecule has 0 amide bonds. The summed E-state index contributed by atoms with van der Waals surface area (Å²) in [6, 6.07) is 0. The topological polar surface area (TPSA) is 127 Å². The minimum Gasteiger partial charge on any atom is -0.481 e. The molecule has 0 aromatic carbocycles. The predicted octanol–water partition coefficient (Wildman–Crippen LogP) is 2.62. The van der Waals surface area contributed by atoms with Gasteiger partial charge in [0.1, 0.15) is 5.67 Å². The molecule has 4 aliphatic carbocycles. The number of aliphatic hydroxyl groups is 2. The van der Waals surface area contributed by atoms with Gasteiger partial charge in [-0.3, -0.25) is 9.59 Å². The van der Waals surface area contributed by atoms with Gasteiger partial charge in [-0.15, -0.1) is 5.16 Å². The Balaban J connectivity index is 1.79. The van der Waals surface area contributed by atoms with Gasteiger partial charge in [0.2, 0.25) is 0 Å². The van der Waals surface area contributed by atoms with Crippen LogP contribution in [0.1, 0.15) is 64.7 Å². The molecule has 3 fully saturated rings. The fourth-order valence-electron chi connectivity index (χ4n) is 7.43. The van der Waals surface area contributed by atoms with Gasteiger partial charge in [-0.2, -0.15) is 0 Å². The van der Waals surface area contributed by atoms with E-state index < -0.39 is 46.0 Å². The summed E-state index contributed by atoms with van der Waals surface area (Å²) >= 11 is 0. The number of hydrogen-bond acceptors (Lipinski definition) is 6. The van der Waals surface area contributed by atoms with Crippen LogP contribution in [0.25, 0.3) is 0 Å². The monoisotopic (exact) mass is 423 g/mol. The predicted molar refractivity (Wildman–Crippen MR) is 105 cm³/mol. The number of oxime groups is 1. The van der Waals surface area contributed by atoms with E-state index in [1.807, 2.05) is 0 Å². The summed E-state index contributed by atoms with van der Waals surface area (Å²) in [6.45, 7) is 1.79. The lowest BCUT2D eigenvalue weighted by Crippen LogP contribution is -2.69.